The summed E-state index contributed by atoms with van der Waals surface area (Å²) in [7, 11) is 0. The predicted octanol–water partition coefficient (Wildman–Crippen LogP) is 2.09. The van der Waals surface area contributed by atoms with E-state index < -0.39 is 0 Å². The van der Waals surface area contributed by atoms with E-state index in [0.717, 1.165) is 69.5 Å². The van der Waals surface area contributed by atoms with Gasteiger partial charge in [0.1, 0.15) is 6.10 Å². The van der Waals surface area contributed by atoms with Gasteiger partial charge in [-0.2, -0.15) is 0 Å². The van der Waals surface area contributed by atoms with E-state index in [2.05, 4.69) is 9.97 Å². The molecule has 0 saturated carbocycles. The molecule has 3 aliphatic rings. The average molecular weight is 386 g/mol. The Balaban J connectivity index is 1.35. The minimum atomic E-state index is -0.243. The monoisotopic (exact) mass is 386 g/mol. The Bertz CT molecular complexity index is 707. The van der Waals surface area contributed by atoms with Crippen LogP contribution in [0, 0.1) is 12.3 Å². The Morgan fingerprint density at radius 2 is 2.04 bits per heavy atom. The van der Waals surface area contributed by atoms with Gasteiger partial charge < -0.3 is 14.5 Å². The second-order valence-corrected chi connectivity index (χ2v) is 8.58. The molecule has 4 heterocycles. The van der Waals surface area contributed by atoms with Crippen molar-refractivity contribution in [3.63, 3.8) is 0 Å². The van der Waals surface area contributed by atoms with E-state index in [4.69, 9.17) is 4.74 Å². The zero-order chi connectivity index (χ0) is 19.6. The van der Waals surface area contributed by atoms with E-state index in [1.54, 1.807) is 12.4 Å². The van der Waals surface area contributed by atoms with E-state index >= 15 is 0 Å². The van der Waals surface area contributed by atoms with Crippen LogP contribution >= 0.6 is 0 Å². The quantitative estimate of drug-likeness (QED) is 0.795. The van der Waals surface area contributed by atoms with Crippen molar-refractivity contribution in [3.8, 4) is 0 Å². The Morgan fingerprint density at radius 3 is 2.71 bits per heavy atom. The van der Waals surface area contributed by atoms with Crippen LogP contribution in [0.15, 0.2) is 12.4 Å². The number of rotatable bonds is 3. The third kappa shape index (κ3) is 4.19. The van der Waals surface area contributed by atoms with E-state index in [1.165, 1.54) is 0 Å². The minimum absolute atomic E-state index is 0.121. The highest BCUT2D eigenvalue weighted by molar-refractivity contribution is 5.81. The molecule has 7 heteroatoms. The van der Waals surface area contributed by atoms with Crippen molar-refractivity contribution in [3.05, 3.63) is 23.8 Å². The summed E-state index contributed by atoms with van der Waals surface area (Å²) in [6.45, 7) is 5.42. The lowest BCUT2D eigenvalue weighted by Crippen LogP contribution is -2.53. The summed E-state index contributed by atoms with van der Waals surface area (Å²) in [6.07, 6.45) is 9.65. The normalized spacial score (nSPS) is 25.2. The van der Waals surface area contributed by atoms with Crippen LogP contribution in [0.3, 0.4) is 0 Å². The lowest BCUT2D eigenvalue weighted by atomic mass is 9.72. The number of nitrogens with zero attached hydrogens (tertiary/aromatic N) is 4. The van der Waals surface area contributed by atoms with Crippen molar-refractivity contribution in [2.24, 2.45) is 5.41 Å². The maximum absolute atomic E-state index is 12.7. The smallest absolute Gasteiger partial charge is 0.251 e. The van der Waals surface area contributed by atoms with Crippen LogP contribution in [0.2, 0.25) is 0 Å². The largest absolute Gasteiger partial charge is 0.368 e. The Labute approximate surface area is 166 Å². The van der Waals surface area contributed by atoms with Gasteiger partial charge in [0, 0.05) is 38.9 Å². The van der Waals surface area contributed by atoms with Crippen LogP contribution in [0.25, 0.3) is 0 Å². The number of amides is 2. The van der Waals surface area contributed by atoms with E-state index in [0.29, 0.717) is 19.6 Å². The van der Waals surface area contributed by atoms with E-state index in [1.807, 2.05) is 16.7 Å². The molecule has 0 radical (unpaired) electrons. The zero-order valence-corrected chi connectivity index (χ0v) is 16.7. The van der Waals surface area contributed by atoms with Gasteiger partial charge >= 0.3 is 0 Å². The van der Waals surface area contributed by atoms with Crippen molar-refractivity contribution in [2.45, 2.75) is 64.5 Å². The summed E-state index contributed by atoms with van der Waals surface area (Å²) in [5, 5.41) is 0. The fourth-order valence-electron chi connectivity index (χ4n) is 4.69. The van der Waals surface area contributed by atoms with Crippen molar-refractivity contribution >= 4 is 11.8 Å². The highest BCUT2D eigenvalue weighted by Crippen LogP contribution is 2.40. The number of aromatic nitrogens is 2. The molecule has 2 amide bonds. The molecule has 0 N–H and O–H groups in total. The van der Waals surface area contributed by atoms with Crippen LogP contribution in [-0.4, -0.2) is 63.9 Å². The minimum Gasteiger partial charge on any atom is -0.368 e. The molecule has 7 nitrogen and oxygen atoms in total. The summed E-state index contributed by atoms with van der Waals surface area (Å²) in [6, 6.07) is 0. The van der Waals surface area contributed by atoms with Gasteiger partial charge in [0.15, 0.2) is 0 Å². The van der Waals surface area contributed by atoms with Crippen LogP contribution in [0.4, 0.5) is 0 Å². The molecule has 3 fully saturated rings. The molecule has 1 aromatic heterocycles. The van der Waals surface area contributed by atoms with Gasteiger partial charge in [-0.25, -0.2) is 0 Å². The second-order valence-electron chi connectivity index (χ2n) is 8.58. The van der Waals surface area contributed by atoms with Gasteiger partial charge in [-0.3, -0.25) is 19.6 Å². The molecular weight excluding hydrogens is 356 g/mol. The maximum Gasteiger partial charge on any atom is 0.251 e. The van der Waals surface area contributed by atoms with Crippen LogP contribution in [0.1, 0.15) is 56.3 Å². The van der Waals surface area contributed by atoms with Crippen molar-refractivity contribution in [1.82, 2.24) is 19.8 Å². The molecule has 4 rings (SSSR count). The molecule has 1 spiro atoms. The molecule has 0 aromatic carbocycles. The molecule has 28 heavy (non-hydrogen) atoms. The number of carbonyl (C=O) groups is 2. The molecule has 1 aromatic rings. The van der Waals surface area contributed by atoms with Crippen LogP contribution < -0.4 is 0 Å². The molecule has 3 saturated heterocycles. The number of carbonyl (C=O) groups excluding carboxylic acids is 2. The first-order valence-electron chi connectivity index (χ1n) is 10.5. The molecular formula is C21H30N4O3. The third-order valence-corrected chi connectivity index (χ3v) is 6.53. The fraction of sp³-hybridized carbons (Fsp3) is 0.714. The Kier molecular flexibility index (Phi) is 5.62. The van der Waals surface area contributed by atoms with Gasteiger partial charge in [0.2, 0.25) is 5.91 Å². The summed E-state index contributed by atoms with van der Waals surface area (Å²) in [5.74, 6) is 0.357. The summed E-state index contributed by atoms with van der Waals surface area (Å²) >= 11 is 0. The first-order valence-corrected chi connectivity index (χ1v) is 10.5. The third-order valence-electron chi connectivity index (χ3n) is 6.53. The van der Waals surface area contributed by atoms with Crippen molar-refractivity contribution in [1.29, 1.82) is 0 Å². The molecule has 152 valence electrons. The lowest BCUT2D eigenvalue weighted by Gasteiger charge is -2.47. The van der Waals surface area contributed by atoms with Gasteiger partial charge in [0.05, 0.1) is 24.1 Å². The van der Waals surface area contributed by atoms with Gasteiger partial charge in [0.25, 0.3) is 5.91 Å². The highest BCUT2D eigenvalue weighted by Gasteiger charge is 2.42. The molecule has 3 aliphatic heterocycles. The number of hydrogen-bond acceptors (Lipinski definition) is 5. The maximum atomic E-state index is 12.7. The fourth-order valence-corrected chi connectivity index (χ4v) is 4.69. The zero-order valence-electron chi connectivity index (χ0n) is 16.7. The topological polar surface area (TPSA) is 75.6 Å². The number of hydrogen-bond donors (Lipinski definition) is 0. The standard InChI is InChI=1S/C21H30N4O3/c1-16-12-23-17(13-22-16)14-25-15-21(6-5-19(25)26)7-9-24(10-8-21)20(27)18-4-2-3-11-28-18/h12-13,18H,2-11,14-15H2,1H3. The summed E-state index contributed by atoms with van der Waals surface area (Å²) in [5.41, 5.74) is 1.83. The molecule has 0 aliphatic carbocycles. The van der Waals surface area contributed by atoms with Crippen LogP contribution in [-0.2, 0) is 20.9 Å². The lowest BCUT2D eigenvalue weighted by molar-refractivity contribution is -0.151. The predicted molar refractivity (Wildman–Crippen MR) is 103 cm³/mol. The number of ether oxygens (including phenoxy) is 1. The first-order chi connectivity index (χ1) is 13.5. The molecule has 1 atom stereocenters. The van der Waals surface area contributed by atoms with E-state index in [9.17, 15) is 9.59 Å². The molecule has 1 unspecified atom stereocenters. The Hall–Kier alpha value is -2.02. The van der Waals surface area contributed by atoms with Gasteiger partial charge in [-0.05, 0) is 50.9 Å². The van der Waals surface area contributed by atoms with Gasteiger partial charge in [-0.15, -0.1) is 0 Å². The van der Waals surface area contributed by atoms with Crippen molar-refractivity contribution < 1.29 is 14.3 Å². The number of piperidine rings is 2. The van der Waals surface area contributed by atoms with Gasteiger partial charge in [-0.1, -0.05) is 0 Å². The highest BCUT2D eigenvalue weighted by atomic mass is 16.5. The number of likely N-dealkylation sites (tertiary alicyclic amines) is 2. The number of aryl methyl sites for hydroxylation is 1. The molecule has 0 bridgehead atoms. The summed E-state index contributed by atoms with van der Waals surface area (Å²) < 4.78 is 5.68. The van der Waals surface area contributed by atoms with Crippen LogP contribution in [0.5, 0.6) is 0 Å². The summed E-state index contributed by atoms with van der Waals surface area (Å²) in [4.78, 5) is 37.8. The van der Waals surface area contributed by atoms with E-state index in [-0.39, 0.29) is 23.3 Å². The SMILES string of the molecule is Cc1cnc(CN2CC3(CCC2=O)CCN(C(=O)C2CCCCO2)CC3)cn1. The van der Waals surface area contributed by atoms with Crippen molar-refractivity contribution in [2.75, 3.05) is 26.2 Å². The first kappa shape index (κ1) is 19.3. The second kappa shape index (κ2) is 8.15. The Morgan fingerprint density at radius 1 is 1.21 bits per heavy atom. The average Bonchev–Trinajstić information content (AvgIpc) is 2.73.